The van der Waals surface area contributed by atoms with Crippen molar-refractivity contribution in [3.05, 3.63) is 15.9 Å². The molecule has 1 aliphatic rings. The molecule has 1 fully saturated rings. The van der Waals surface area contributed by atoms with Crippen molar-refractivity contribution in [3.63, 3.8) is 0 Å². The first kappa shape index (κ1) is 19.4. The van der Waals surface area contributed by atoms with Crippen molar-refractivity contribution >= 4 is 49.1 Å². The number of amides is 2. The van der Waals surface area contributed by atoms with Crippen LogP contribution in [0.25, 0.3) is 0 Å². The summed E-state index contributed by atoms with van der Waals surface area (Å²) in [6.45, 7) is 4.08. The molecular formula is C14H20BrN3O4S2. The van der Waals surface area contributed by atoms with Crippen LogP contribution in [0.1, 0.15) is 33.1 Å². The summed E-state index contributed by atoms with van der Waals surface area (Å²) >= 11 is 4.35. The van der Waals surface area contributed by atoms with Gasteiger partial charge in [0, 0.05) is 13.0 Å². The lowest BCUT2D eigenvalue weighted by atomic mass is 10.1. The molecule has 1 unspecified atom stereocenters. The zero-order valence-electron chi connectivity index (χ0n) is 13.4. The molecule has 0 radical (unpaired) electrons. The average Bonchev–Trinajstić information content (AvgIpc) is 3.13. The van der Waals surface area contributed by atoms with Crippen LogP contribution in [0.4, 0.5) is 0 Å². The number of rotatable bonds is 5. The number of hydrogen-bond donors (Lipinski definition) is 2. The molecule has 134 valence electrons. The van der Waals surface area contributed by atoms with Gasteiger partial charge in [-0.1, -0.05) is 13.8 Å². The molecule has 1 saturated heterocycles. The van der Waals surface area contributed by atoms with Crippen LogP contribution in [0.3, 0.4) is 0 Å². The Kier molecular flexibility index (Phi) is 6.40. The predicted molar refractivity (Wildman–Crippen MR) is 94.7 cm³/mol. The third-order valence-electron chi connectivity index (χ3n) is 3.54. The molecule has 0 aliphatic carbocycles. The summed E-state index contributed by atoms with van der Waals surface area (Å²) in [6.07, 6.45) is 1.32. The number of sulfonamides is 1. The Hall–Kier alpha value is -0.970. The number of hydrogen-bond acceptors (Lipinski definition) is 5. The summed E-state index contributed by atoms with van der Waals surface area (Å²) < 4.78 is 27.5. The van der Waals surface area contributed by atoms with Gasteiger partial charge in [-0.2, -0.15) is 4.31 Å². The molecule has 2 heterocycles. The van der Waals surface area contributed by atoms with Crippen LogP contribution >= 0.6 is 27.3 Å². The fourth-order valence-corrected chi connectivity index (χ4v) is 6.27. The first-order valence-corrected chi connectivity index (χ1v) is 10.6. The Labute approximate surface area is 153 Å². The molecule has 0 aromatic carbocycles. The van der Waals surface area contributed by atoms with E-state index in [9.17, 15) is 18.0 Å². The summed E-state index contributed by atoms with van der Waals surface area (Å²) in [6, 6.07) is 2.37. The van der Waals surface area contributed by atoms with Crippen molar-refractivity contribution in [1.82, 2.24) is 15.2 Å². The zero-order chi connectivity index (χ0) is 17.9. The molecule has 1 aliphatic heterocycles. The van der Waals surface area contributed by atoms with E-state index in [1.54, 1.807) is 6.07 Å². The van der Waals surface area contributed by atoms with Crippen LogP contribution in [0.5, 0.6) is 0 Å². The lowest BCUT2D eigenvalue weighted by Crippen LogP contribution is -2.51. The summed E-state index contributed by atoms with van der Waals surface area (Å²) in [4.78, 5) is 23.9. The van der Waals surface area contributed by atoms with Gasteiger partial charge in [0.2, 0.25) is 5.91 Å². The van der Waals surface area contributed by atoms with E-state index in [0.29, 0.717) is 16.6 Å². The molecule has 1 aromatic heterocycles. The molecule has 10 heteroatoms. The fraction of sp³-hybridized carbons (Fsp3) is 0.571. The van der Waals surface area contributed by atoms with Gasteiger partial charge in [-0.3, -0.25) is 20.4 Å². The molecule has 0 bridgehead atoms. The van der Waals surface area contributed by atoms with Crippen molar-refractivity contribution in [3.8, 4) is 0 Å². The molecule has 24 heavy (non-hydrogen) atoms. The highest BCUT2D eigenvalue weighted by molar-refractivity contribution is 9.11. The highest BCUT2D eigenvalue weighted by Crippen LogP contribution is 2.32. The first-order chi connectivity index (χ1) is 11.2. The van der Waals surface area contributed by atoms with E-state index in [2.05, 4.69) is 26.8 Å². The number of carbonyl (C=O) groups excluding carboxylic acids is 2. The Morgan fingerprint density at radius 2 is 2.08 bits per heavy atom. The number of halogens is 1. The maximum Gasteiger partial charge on any atom is 0.256 e. The second kappa shape index (κ2) is 7.94. The van der Waals surface area contributed by atoms with Crippen molar-refractivity contribution in [2.75, 3.05) is 6.54 Å². The van der Waals surface area contributed by atoms with E-state index in [4.69, 9.17) is 0 Å². The molecule has 2 N–H and O–H groups in total. The summed E-state index contributed by atoms with van der Waals surface area (Å²) in [5.74, 6) is -0.640. The standard InChI is InChI=1S/C14H20BrN3O4S2/c1-9(2)8-12(19)16-17-14(20)10-4-3-7-18(10)24(21,22)13-6-5-11(15)23-13/h5-6,9-10H,3-4,7-8H2,1-2H3,(H,16,19)(H,17,20). The van der Waals surface area contributed by atoms with Gasteiger partial charge in [-0.25, -0.2) is 8.42 Å². The van der Waals surface area contributed by atoms with E-state index >= 15 is 0 Å². The van der Waals surface area contributed by atoms with Crippen LogP contribution in [0, 0.1) is 5.92 Å². The van der Waals surface area contributed by atoms with Crippen LogP contribution < -0.4 is 10.9 Å². The second-order valence-electron chi connectivity index (χ2n) is 5.97. The first-order valence-electron chi connectivity index (χ1n) is 7.57. The van der Waals surface area contributed by atoms with Crippen molar-refractivity contribution in [2.24, 2.45) is 5.92 Å². The van der Waals surface area contributed by atoms with Crippen molar-refractivity contribution < 1.29 is 18.0 Å². The topological polar surface area (TPSA) is 95.6 Å². The van der Waals surface area contributed by atoms with Crippen LogP contribution in [-0.4, -0.2) is 37.1 Å². The maximum atomic E-state index is 12.7. The summed E-state index contributed by atoms with van der Waals surface area (Å²) in [5, 5.41) is 0. The Morgan fingerprint density at radius 3 is 2.67 bits per heavy atom. The van der Waals surface area contributed by atoms with Gasteiger partial charge < -0.3 is 0 Å². The molecule has 7 nitrogen and oxygen atoms in total. The minimum absolute atomic E-state index is 0.169. The lowest BCUT2D eigenvalue weighted by Gasteiger charge is -2.22. The number of carbonyl (C=O) groups is 2. The Bertz CT molecular complexity index is 717. The minimum atomic E-state index is -3.72. The zero-order valence-corrected chi connectivity index (χ0v) is 16.6. The third-order valence-corrected chi connectivity index (χ3v) is 7.54. The highest BCUT2D eigenvalue weighted by atomic mass is 79.9. The lowest BCUT2D eigenvalue weighted by molar-refractivity contribution is -0.131. The average molecular weight is 438 g/mol. The summed E-state index contributed by atoms with van der Waals surface area (Å²) in [5.41, 5.74) is 4.68. The molecular weight excluding hydrogens is 418 g/mol. The largest absolute Gasteiger partial charge is 0.273 e. The fourth-order valence-electron chi connectivity index (χ4n) is 2.48. The van der Waals surface area contributed by atoms with Gasteiger partial charge in [0.25, 0.3) is 15.9 Å². The molecule has 1 aromatic rings. The normalized spacial score (nSPS) is 18.8. The maximum absolute atomic E-state index is 12.7. The van der Waals surface area contributed by atoms with Crippen molar-refractivity contribution in [1.29, 1.82) is 0 Å². The molecule has 2 amide bonds. The Balaban J connectivity index is 2.04. The van der Waals surface area contributed by atoms with Gasteiger partial charge in [-0.15, -0.1) is 11.3 Å². The predicted octanol–water partition coefficient (Wildman–Crippen LogP) is 1.86. The van der Waals surface area contributed by atoms with Crippen LogP contribution in [0.2, 0.25) is 0 Å². The highest BCUT2D eigenvalue weighted by Gasteiger charge is 2.40. The number of nitrogens with one attached hydrogen (secondary N) is 2. The number of hydrazine groups is 1. The minimum Gasteiger partial charge on any atom is -0.273 e. The smallest absolute Gasteiger partial charge is 0.256 e. The second-order valence-corrected chi connectivity index (χ2v) is 10.5. The van der Waals surface area contributed by atoms with Crippen molar-refractivity contribution in [2.45, 2.75) is 43.4 Å². The Morgan fingerprint density at radius 1 is 1.38 bits per heavy atom. The van der Waals surface area contributed by atoms with Gasteiger partial charge in [0.1, 0.15) is 10.3 Å². The van der Waals surface area contributed by atoms with Gasteiger partial charge in [0.05, 0.1) is 3.79 Å². The quantitative estimate of drug-likeness (QED) is 0.686. The summed E-state index contributed by atoms with van der Waals surface area (Å²) in [7, 11) is -3.72. The van der Waals surface area contributed by atoms with Crippen LogP contribution in [-0.2, 0) is 19.6 Å². The van der Waals surface area contributed by atoms with E-state index < -0.39 is 22.0 Å². The SMILES string of the molecule is CC(C)CC(=O)NNC(=O)C1CCCN1S(=O)(=O)c1ccc(Br)s1. The third kappa shape index (κ3) is 4.56. The van der Waals surface area contributed by atoms with E-state index in [-0.39, 0.29) is 29.0 Å². The van der Waals surface area contributed by atoms with Gasteiger partial charge in [-0.05, 0) is 46.8 Å². The van der Waals surface area contributed by atoms with E-state index in [1.165, 1.54) is 10.4 Å². The van der Waals surface area contributed by atoms with Gasteiger partial charge >= 0.3 is 0 Å². The molecule has 0 spiro atoms. The number of thiophene rings is 1. The van der Waals surface area contributed by atoms with E-state index in [0.717, 1.165) is 11.3 Å². The van der Waals surface area contributed by atoms with Crippen LogP contribution in [0.15, 0.2) is 20.1 Å². The van der Waals surface area contributed by atoms with E-state index in [1.807, 2.05) is 13.8 Å². The monoisotopic (exact) mass is 437 g/mol. The molecule has 2 rings (SSSR count). The van der Waals surface area contributed by atoms with Gasteiger partial charge in [0.15, 0.2) is 0 Å². The number of nitrogens with zero attached hydrogens (tertiary/aromatic N) is 1. The molecule has 0 saturated carbocycles. The molecule has 1 atom stereocenters.